The molecule has 0 aliphatic carbocycles. The molecule has 0 atom stereocenters. The summed E-state index contributed by atoms with van der Waals surface area (Å²) in [6, 6.07) is 0. The fourth-order valence-electron chi connectivity index (χ4n) is 0.498. The van der Waals surface area contributed by atoms with Crippen molar-refractivity contribution < 1.29 is 0 Å². The third-order valence-electron chi connectivity index (χ3n) is 1.07. The van der Waals surface area contributed by atoms with Gasteiger partial charge in [-0.05, 0) is 12.6 Å². The molecule has 0 heterocycles. The highest BCUT2D eigenvalue weighted by molar-refractivity contribution is 5.14. The van der Waals surface area contributed by atoms with Crippen LogP contribution in [-0.4, -0.2) is 19.0 Å². The van der Waals surface area contributed by atoms with E-state index in [1.165, 1.54) is 0 Å². The fraction of sp³-hybridized carbons (Fsp3) is 0.333. The molecule has 0 aromatic carbocycles. The molecule has 0 radical (unpaired) electrons. The second-order valence-corrected chi connectivity index (χ2v) is 2.41. The summed E-state index contributed by atoms with van der Waals surface area (Å²) in [5.41, 5.74) is 1.05. The molecule has 0 saturated carbocycles. The third-order valence-corrected chi connectivity index (χ3v) is 1.07. The van der Waals surface area contributed by atoms with Gasteiger partial charge in [0, 0.05) is 14.1 Å². The summed E-state index contributed by atoms with van der Waals surface area (Å²) in [5, 5.41) is 0. The lowest BCUT2D eigenvalue weighted by molar-refractivity contribution is 0.562. The highest BCUT2D eigenvalue weighted by Crippen LogP contribution is 1.98. The van der Waals surface area contributed by atoms with Crippen molar-refractivity contribution in [3.8, 4) is 0 Å². The Hall–Kier alpha value is -0.980. The van der Waals surface area contributed by atoms with Gasteiger partial charge in [0.25, 0.3) is 0 Å². The summed E-state index contributed by atoms with van der Waals surface area (Å²) < 4.78 is 0. The highest BCUT2D eigenvalue weighted by Gasteiger charge is 1.81. The van der Waals surface area contributed by atoms with Gasteiger partial charge in [-0.3, -0.25) is 0 Å². The molecule has 0 aromatic heterocycles. The molecule has 10 heavy (non-hydrogen) atoms. The molecule has 0 aliphatic heterocycles. The summed E-state index contributed by atoms with van der Waals surface area (Å²) in [7, 11) is 3.99. The zero-order valence-electron chi connectivity index (χ0n) is 6.80. The molecule has 0 unspecified atom stereocenters. The van der Waals surface area contributed by atoms with Crippen molar-refractivity contribution in [2.24, 2.45) is 0 Å². The molecule has 0 aromatic rings. The summed E-state index contributed by atoms with van der Waals surface area (Å²) in [6.07, 6.45) is 6.74. The Labute approximate surface area is 63.3 Å². The Morgan fingerprint density at radius 3 is 2.50 bits per heavy atom. The number of hydrogen-bond acceptors (Lipinski definition) is 1. The highest BCUT2D eigenvalue weighted by atomic mass is 15.0. The lowest BCUT2D eigenvalue weighted by atomic mass is 10.2. The van der Waals surface area contributed by atoms with Crippen molar-refractivity contribution >= 4 is 0 Å². The maximum absolute atomic E-state index is 3.78. The van der Waals surface area contributed by atoms with Gasteiger partial charge in [0.15, 0.2) is 0 Å². The van der Waals surface area contributed by atoms with Crippen molar-refractivity contribution in [1.82, 2.24) is 4.90 Å². The van der Waals surface area contributed by atoms with Crippen LogP contribution in [0.15, 0.2) is 37.1 Å². The van der Waals surface area contributed by atoms with E-state index in [1.807, 2.05) is 25.2 Å². The number of allylic oxidation sites excluding steroid dienone is 3. The van der Waals surface area contributed by atoms with Crippen LogP contribution in [0.2, 0.25) is 0 Å². The molecule has 1 nitrogen and oxygen atoms in total. The van der Waals surface area contributed by atoms with Crippen molar-refractivity contribution in [1.29, 1.82) is 0 Å². The van der Waals surface area contributed by atoms with Crippen molar-refractivity contribution in [3.05, 3.63) is 37.1 Å². The molecular weight excluding hydrogens is 122 g/mol. The van der Waals surface area contributed by atoms with E-state index in [0.717, 1.165) is 12.0 Å². The molecule has 0 saturated heterocycles. The van der Waals surface area contributed by atoms with E-state index in [9.17, 15) is 0 Å². The molecule has 0 amide bonds. The second kappa shape index (κ2) is 4.86. The molecule has 0 N–H and O–H groups in total. The summed E-state index contributed by atoms with van der Waals surface area (Å²) in [4.78, 5) is 2.00. The first kappa shape index (κ1) is 9.02. The van der Waals surface area contributed by atoms with E-state index in [-0.39, 0.29) is 0 Å². The molecule has 0 aliphatic rings. The van der Waals surface area contributed by atoms with Crippen molar-refractivity contribution in [2.75, 3.05) is 14.1 Å². The first-order chi connectivity index (χ1) is 4.66. The van der Waals surface area contributed by atoms with Crippen LogP contribution >= 0.6 is 0 Å². The second-order valence-electron chi connectivity index (χ2n) is 2.41. The van der Waals surface area contributed by atoms with E-state index in [2.05, 4.69) is 19.2 Å². The summed E-state index contributed by atoms with van der Waals surface area (Å²) in [5.74, 6) is 0. The zero-order valence-corrected chi connectivity index (χ0v) is 6.80. The topological polar surface area (TPSA) is 3.24 Å². The van der Waals surface area contributed by atoms with Gasteiger partial charge in [0.2, 0.25) is 0 Å². The lowest BCUT2D eigenvalue weighted by Gasteiger charge is -2.02. The summed E-state index contributed by atoms with van der Waals surface area (Å²) >= 11 is 0. The average molecular weight is 137 g/mol. The van der Waals surface area contributed by atoms with Gasteiger partial charge in [0.1, 0.15) is 0 Å². The first-order valence-corrected chi connectivity index (χ1v) is 3.30. The van der Waals surface area contributed by atoms with Gasteiger partial charge >= 0.3 is 0 Å². The van der Waals surface area contributed by atoms with Crippen LogP contribution in [0, 0.1) is 0 Å². The van der Waals surface area contributed by atoms with Crippen LogP contribution in [0.25, 0.3) is 0 Å². The fourth-order valence-corrected chi connectivity index (χ4v) is 0.498. The zero-order chi connectivity index (χ0) is 7.98. The summed E-state index contributed by atoms with van der Waals surface area (Å²) in [6.45, 7) is 7.39. The monoisotopic (exact) mass is 137 g/mol. The smallest absolute Gasteiger partial charge is 0.00555 e. The van der Waals surface area contributed by atoms with E-state index in [4.69, 9.17) is 0 Å². The van der Waals surface area contributed by atoms with Crippen LogP contribution in [0.4, 0.5) is 0 Å². The minimum absolute atomic E-state index is 0.891. The standard InChI is InChI=1S/C9H15N/c1-5-9(2)7-6-8-10(3)4/h5-6,8H,1-2,7H2,3-4H3. The first-order valence-electron chi connectivity index (χ1n) is 3.30. The minimum Gasteiger partial charge on any atom is -0.384 e. The normalized spacial score (nSPS) is 9.80. The molecule has 0 spiro atoms. The van der Waals surface area contributed by atoms with Gasteiger partial charge in [-0.15, -0.1) is 0 Å². The predicted molar refractivity (Wildman–Crippen MR) is 46.8 cm³/mol. The molecule has 1 heteroatoms. The Morgan fingerprint density at radius 2 is 2.10 bits per heavy atom. The van der Waals surface area contributed by atoms with Crippen LogP contribution in [0.3, 0.4) is 0 Å². The predicted octanol–water partition coefficient (Wildman–Crippen LogP) is 2.19. The molecule has 0 bridgehead atoms. The van der Waals surface area contributed by atoms with Gasteiger partial charge in [0.05, 0.1) is 0 Å². The number of nitrogens with zero attached hydrogens (tertiary/aromatic N) is 1. The van der Waals surface area contributed by atoms with E-state index in [1.54, 1.807) is 6.08 Å². The molecule has 56 valence electrons. The largest absolute Gasteiger partial charge is 0.384 e. The van der Waals surface area contributed by atoms with Crippen LogP contribution < -0.4 is 0 Å². The van der Waals surface area contributed by atoms with Gasteiger partial charge < -0.3 is 4.90 Å². The maximum atomic E-state index is 3.78. The Balaban J connectivity index is 3.53. The van der Waals surface area contributed by atoms with E-state index >= 15 is 0 Å². The third kappa shape index (κ3) is 5.16. The maximum Gasteiger partial charge on any atom is 0.00555 e. The Kier molecular flexibility index (Phi) is 4.38. The van der Waals surface area contributed by atoms with Gasteiger partial charge in [-0.25, -0.2) is 0 Å². The van der Waals surface area contributed by atoms with E-state index in [0.29, 0.717) is 0 Å². The molecule has 0 rings (SSSR count). The molecular formula is C9H15N. The SMILES string of the molecule is C=CC(=C)CC=CN(C)C. The Bertz CT molecular complexity index is 143. The van der Waals surface area contributed by atoms with Crippen molar-refractivity contribution in [2.45, 2.75) is 6.42 Å². The van der Waals surface area contributed by atoms with Crippen molar-refractivity contribution in [3.63, 3.8) is 0 Å². The number of rotatable bonds is 4. The van der Waals surface area contributed by atoms with Gasteiger partial charge in [-0.1, -0.05) is 30.9 Å². The lowest BCUT2D eigenvalue weighted by Crippen LogP contribution is -1.99. The minimum atomic E-state index is 0.891. The van der Waals surface area contributed by atoms with Crippen LogP contribution in [0.1, 0.15) is 6.42 Å². The number of hydrogen-bond donors (Lipinski definition) is 0. The van der Waals surface area contributed by atoms with Crippen LogP contribution in [-0.2, 0) is 0 Å². The average Bonchev–Trinajstić information content (AvgIpc) is 1.87. The van der Waals surface area contributed by atoms with E-state index < -0.39 is 0 Å². The van der Waals surface area contributed by atoms with Gasteiger partial charge in [-0.2, -0.15) is 0 Å². The van der Waals surface area contributed by atoms with Crippen LogP contribution in [0.5, 0.6) is 0 Å². The molecule has 0 fully saturated rings. The quantitative estimate of drug-likeness (QED) is 0.537. The Morgan fingerprint density at radius 1 is 1.50 bits per heavy atom.